The maximum atomic E-state index is 13.5. The van der Waals surface area contributed by atoms with Crippen LogP contribution in [-0.2, 0) is 0 Å². The minimum absolute atomic E-state index is 0.340. The third kappa shape index (κ3) is 3.33. The topological polar surface area (TPSA) is 35.8 Å². The number of rotatable bonds is 4. The summed E-state index contributed by atoms with van der Waals surface area (Å²) in [7, 11) is 0. The zero-order valence-electron chi connectivity index (χ0n) is 10.8. The van der Waals surface area contributed by atoms with Crippen LogP contribution in [0.2, 0.25) is 0 Å². The van der Waals surface area contributed by atoms with Gasteiger partial charge in [0, 0.05) is 10.6 Å². The normalized spacial score (nSPS) is 10.1. The van der Waals surface area contributed by atoms with Crippen LogP contribution >= 0.6 is 27.7 Å². The summed E-state index contributed by atoms with van der Waals surface area (Å²) in [5.41, 5.74) is 1.89. The van der Waals surface area contributed by atoms with E-state index >= 15 is 0 Å². The number of nitrogens with zero attached hydrogens (tertiary/aromatic N) is 1. The minimum Gasteiger partial charge on any atom is -0.354 e. The van der Waals surface area contributed by atoms with Crippen LogP contribution in [0.15, 0.2) is 45.8 Å². The van der Waals surface area contributed by atoms with E-state index in [1.807, 2.05) is 25.1 Å². The Kier molecular flexibility index (Phi) is 5.05. The van der Waals surface area contributed by atoms with Crippen LogP contribution in [0.4, 0.5) is 15.8 Å². The maximum absolute atomic E-state index is 13.5. The van der Waals surface area contributed by atoms with Gasteiger partial charge in [-0.2, -0.15) is 5.26 Å². The Bertz CT molecular complexity index is 667. The second kappa shape index (κ2) is 6.78. The van der Waals surface area contributed by atoms with Gasteiger partial charge in [0.15, 0.2) is 0 Å². The van der Waals surface area contributed by atoms with Crippen molar-refractivity contribution in [3.8, 4) is 6.07 Å². The highest BCUT2D eigenvalue weighted by atomic mass is 79.9. The highest BCUT2D eigenvalue weighted by Gasteiger charge is 2.09. The summed E-state index contributed by atoms with van der Waals surface area (Å²) in [6.07, 6.45) is 0. The van der Waals surface area contributed by atoms with E-state index in [2.05, 4.69) is 27.3 Å². The second-order valence-corrected chi connectivity index (χ2v) is 6.14. The number of nitriles is 1. The number of anilines is 2. The maximum Gasteiger partial charge on any atom is 0.139 e. The first kappa shape index (κ1) is 14.9. The third-order valence-electron chi connectivity index (χ3n) is 2.64. The van der Waals surface area contributed by atoms with Gasteiger partial charge < -0.3 is 5.32 Å². The summed E-state index contributed by atoms with van der Waals surface area (Å²) in [5, 5.41) is 12.4. The zero-order chi connectivity index (χ0) is 14.5. The van der Waals surface area contributed by atoms with E-state index in [1.54, 1.807) is 23.9 Å². The van der Waals surface area contributed by atoms with Crippen molar-refractivity contribution < 1.29 is 4.39 Å². The predicted octanol–water partition coefficient (Wildman–Crippen LogP) is 5.32. The summed E-state index contributed by atoms with van der Waals surface area (Å²) in [6, 6.07) is 12.6. The van der Waals surface area contributed by atoms with Gasteiger partial charge in [-0.05, 0) is 52.0 Å². The first-order chi connectivity index (χ1) is 9.65. The fourth-order valence-electron chi connectivity index (χ4n) is 1.76. The molecule has 0 saturated carbocycles. The lowest BCUT2D eigenvalue weighted by Crippen LogP contribution is -1.96. The average Bonchev–Trinajstić information content (AvgIpc) is 2.44. The van der Waals surface area contributed by atoms with E-state index in [1.165, 1.54) is 6.07 Å². The third-order valence-corrected chi connectivity index (χ3v) is 4.22. The van der Waals surface area contributed by atoms with E-state index in [-0.39, 0.29) is 5.82 Å². The molecule has 0 aliphatic rings. The molecule has 0 aliphatic heterocycles. The highest BCUT2D eigenvalue weighted by Crippen LogP contribution is 2.30. The van der Waals surface area contributed by atoms with Crippen molar-refractivity contribution in [3.05, 3.63) is 52.3 Å². The molecule has 5 heteroatoms. The van der Waals surface area contributed by atoms with Crippen molar-refractivity contribution >= 4 is 39.1 Å². The summed E-state index contributed by atoms with van der Waals surface area (Å²) < 4.78 is 13.9. The van der Waals surface area contributed by atoms with Crippen LogP contribution < -0.4 is 5.32 Å². The van der Waals surface area contributed by atoms with Gasteiger partial charge in [0.2, 0.25) is 0 Å². The lowest BCUT2D eigenvalue weighted by atomic mass is 10.2. The fourth-order valence-corrected chi connectivity index (χ4v) is 2.79. The van der Waals surface area contributed by atoms with Crippen LogP contribution in [0, 0.1) is 17.1 Å². The van der Waals surface area contributed by atoms with Crippen LogP contribution in [0.3, 0.4) is 0 Å². The molecular formula is C15H12BrFN2S. The molecular weight excluding hydrogens is 339 g/mol. The molecule has 20 heavy (non-hydrogen) atoms. The fraction of sp³-hybridized carbons (Fsp3) is 0.133. The smallest absolute Gasteiger partial charge is 0.139 e. The molecule has 0 bridgehead atoms. The first-order valence-corrected chi connectivity index (χ1v) is 7.81. The van der Waals surface area contributed by atoms with E-state index < -0.39 is 0 Å². The molecule has 0 aromatic heterocycles. The zero-order valence-corrected chi connectivity index (χ0v) is 13.2. The van der Waals surface area contributed by atoms with Crippen LogP contribution in [0.5, 0.6) is 0 Å². The molecule has 0 heterocycles. The molecule has 2 rings (SSSR count). The van der Waals surface area contributed by atoms with Gasteiger partial charge in [-0.15, -0.1) is 11.8 Å². The van der Waals surface area contributed by atoms with Gasteiger partial charge in [-0.3, -0.25) is 0 Å². The molecule has 0 atom stereocenters. The van der Waals surface area contributed by atoms with Crippen molar-refractivity contribution in [2.45, 2.75) is 11.8 Å². The highest BCUT2D eigenvalue weighted by molar-refractivity contribution is 9.10. The summed E-state index contributed by atoms with van der Waals surface area (Å²) in [6.45, 7) is 2.04. The molecule has 0 saturated heterocycles. The van der Waals surface area contributed by atoms with Gasteiger partial charge in [0.1, 0.15) is 11.9 Å². The molecule has 2 aromatic carbocycles. The van der Waals surface area contributed by atoms with Crippen molar-refractivity contribution in [3.63, 3.8) is 0 Å². The number of nitrogens with one attached hydrogen (secondary N) is 1. The Morgan fingerprint density at radius 3 is 2.80 bits per heavy atom. The minimum atomic E-state index is -0.340. The SMILES string of the molecule is CCSc1cccc(Nc2ccc(Br)c(F)c2)c1C#N. The number of thioether (sulfide) groups is 1. The van der Waals surface area contributed by atoms with Gasteiger partial charge in [-0.1, -0.05) is 13.0 Å². The molecule has 0 aliphatic carbocycles. The molecule has 0 radical (unpaired) electrons. The van der Waals surface area contributed by atoms with Gasteiger partial charge in [0.05, 0.1) is 15.7 Å². The summed E-state index contributed by atoms with van der Waals surface area (Å²) in [4.78, 5) is 0.928. The standard InChI is InChI=1S/C15H12BrFN2S/c1-2-20-15-5-3-4-14(11(15)9-18)19-10-6-7-12(16)13(17)8-10/h3-8,19H,2H2,1H3. The number of halogens is 2. The lowest BCUT2D eigenvalue weighted by Gasteiger charge is -2.11. The monoisotopic (exact) mass is 350 g/mol. The number of hydrogen-bond acceptors (Lipinski definition) is 3. The van der Waals surface area contributed by atoms with Gasteiger partial charge >= 0.3 is 0 Å². The Morgan fingerprint density at radius 1 is 1.35 bits per heavy atom. The molecule has 0 fully saturated rings. The molecule has 0 spiro atoms. The Balaban J connectivity index is 2.35. The quantitative estimate of drug-likeness (QED) is 0.758. The van der Waals surface area contributed by atoms with Crippen molar-refractivity contribution in [2.75, 3.05) is 11.1 Å². The summed E-state index contributed by atoms with van der Waals surface area (Å²) >= 11 is 4.73. The van der Waals surface area contributed by atoms with Crippen LogP contribution in [-0.4, -0.2) is 5.75 Å². The van der Waals surface area contributed by atoms with Crippen molar-refractivity contribution in [1.29, 1.82) is 5.26 Å². The van der Waals surface area contributed by atoms with Crippen molar-refractivity contribution in [1.82, 2.24) is 0 Å². The van der Waals surface area contributed by atoms with Gasteiger partial charge in [-0.25, -0.2) is 4.39 Å². The summed E-state index contributed by atoms with van der Waals surface area (Å²) in [5.74, 6) is 0.554. The van der Waals surface area contributed by atoms with Crippen LogP contribution in [0.25, 0.3) is 0 Å². The Morgan fingerprint density at radius 2 is 2.15 bits per heavy atom. The Labute approximate surface area is 130 Å². The van der Waals surface area contributed by atoms with E-state index in [9.17, 15) is 9.65 Å². The number of hydrogen-bond donors (Lipinski definition) is 1. The Hall–Kier alpha value is -1.51. The average molecular weight is 351 g/mol. The molecule has 2 aromatic rings. The van der Waals surface area contributed by atoms with E-state index in [0.29, 0.717) is 21.4 Å². The lowest BCUT2D eigenvalue weighted by molar-refractivity contribution is 0.622. The first-order valence-electron chi connectivity index (χ1n) is 6.03. The predicted molar refractivity (Wildman–Crippen MR) is 84.9 cm³/mol. The number of benzene rings is 2. The van der Waals surface area contributed by atoms with Crippen LogP contribution in [0.1, 0.15) is 12.5 Å². The largest absolute Gasteiger partial charge is 0.354 e. The molecule has 2 nitrogen and oxygen atoms in total. The van der Waals surface area contributed by atoms with Gasteiger partial charge in [0.25, 0.3) is 0 Å². The molecule has 0 amide bonds. The molecule has 102 valence electrons. The molecule has 0 unspecified atom stereocenters. The van der Waals surface area contributed by atoms with E-state index in [0.717, 1.165) is 10.6 Å². The second-order valence-electron chi connectivity index (χ2n) is 3.98. The van der Waals surface area contributed by atoms with E-state index in [4.69, 9.17) is 0 Å². The molecule has 1 N–H and O–H groups in total. The van der Waals surface area contributed by atoms with Crippen molar-refractivity contribution in [2.24, 2.45) is 0 Å².